The maximum atomic E-state index is 9.98. The van der Waals surface area contributed by atoms with Gasteiger partial charge >= 0.3 is 0 Å². The second-order valence-electron chi connectivity index (χ2n) is 6.26. The molecule has 1 heterocycles. The van der Waals surface area contributed by atoms with Crippen LogP contribution in [0.2, 0.25) is 0 Å². The molecule has 0 unspecified atom stereocenters. The van der Waals surface area contributed by atoms with Gasteiger partial charge in [0.05, 0.1) is 13.2 Å². The molecule has 5 heteroatoms. The quantitative estimate of drug-likeness (QED) is 0.356. The van der Waals surface area contributed by atoms with Crippen LogP contribution in [0.15, 0.2) is 12.2 Å². The van der Waals surface area contributed by atoms with E-state index in [0.29, 0.717) is 6.61 Å². The summed E-state index contributed by atoms with van der Waals surface area (Å²) in [7, 11) is 0. The summed E-state index contributed by atoms with van der Waals surface area (Å²) >= 11 is 0. The fourth-order valence-electron chi connectivity index (χ4n) is 2.74. The van der Waals surface area contributed by atoms with Gasteiger partial charge in [0.2, 0.25) is 0 Å². The van der Waals surface area contributed by atoms with E-state index in [1.54, 1.807) is 0 Å². The van der Waals surface area contributed by atoms with Crippen molar-refractivity contribution in [3.8, 4) is 0 Å². The molecule has 0 radical (unpaired) electrons. The van der Waals surface area contributed by atoms with Gasteiger partial charge in [-0.05, 0) is 25.7 Å². The molecule has 23 heavy (non-hydrogen) atoms. The van der Waals surface area contributed by atoms with Gasteiger partial charge in [-0.1, -0.05) is 44.8 Å². The first kappa shape index (κ1) is 20.6. The molecule has 0 aliphatic carbocycles. The van der Waals surface area contributed by atoms with Gasteiger partial charge in [0.1, 0.15) is 24.4 Å². The summed E-state index contributed by atoms with van der Waals surface area (Å²) in [4.78, 5) is 0. The van der Waals surface area contributed by atoms with E-state index >= 15 is 0 Å². The smallest absolute Gasteiger partial charge is 0.114 e. The minimum Gasteiger partial charge on any atom is -0.394 e. The van der Waals surface area contributed by atoms with Crippen LogP contribution >= 0.6 is 0 Å². The molecular formula is C18H34O5. The monoisotopic (exact) mass is 330 g/mol. The Morgan fingerprint density at radius 3 is 2.57 bits per heavy atom. The molecule has 1 fully saturated rings. The minimum atomic E-state index is -1.05. The lowest BCUT2D eigenvalue weighted by Gasteiger charge is -2.20. The number of hydrogen-bond donors (Lipinski definition) is 3. The lowest BCUT2D eigenvalue weighted by molar-refractivity contribution is -0.0730. The van der Waals surface area contributed by atoms with E-state index in [1.807, 2.05) is 0 Å². The summed E-state index contributed by atoms with van der Waals surface area (Å²) in [6.07, 6.45) is 10.9. The predicted octanol–water partition coefficient (Wildman–Crippen LogP) is 2.18. The van der Waals surface area contributed by atoms with Crippen LogP contribution in [-0.2, 0) is 9.47 Å². The Morgan fingerprint density at radius 1 is 1.13 bits per heavy atom. The summed E-state index contributed by atoms with van der Waals surface area (Å²) in [6.45, 7) is 2.65. The standard InChI is InChI=1S/C18H34O5/c1-2-3-4-5-6-7-8-9-10-11-12-22-16-14-23-18(17(16)21)15(20)13-19/h4-5,15-21H,2-3,6-14H2,1H3/b5-4+/t15-,16+,17-,18-/m1/s1. The molecular weight excluding hydrogens is 296 g/mol. The SMILES string of the molecule is CCC/C=C/CCCCCCCO[C@H]1CO[C@H]([C@H](O)CO)[C@@H]1O. The van der Waals surface area contributed by atoms with Crippen molar-refractivity contribution in [2.24, 2.45) is 0 Å². The number of ether oxygens (including phenoxy) is 2. The van der Waals surface area contributed by atoms with Crippen molar-refractivity contribution in [3.05, 3.63) is 12.2 Å². The zero-order valence-corrected chi connectivity index (χ0v) is 14.4. The van der Waals surface area contributed by atoms with Gasteiger partial charge in [0.25, 0.3) is 0 Å². The van der Waals surface area contributed by atoms with Crippen LogP contribution < -0.4 is 0 Å². The van der Waals surface area contributed by atoms with E-state index in [4.69, 9.17) is 14.6 Å². The third-order valence-corrected chi connectivity index (χ3v) is 4.21. The Bertz CT molecular complexity index is 308. The largest absolute Gasteiger partial charge is 0.394 e. The molecule has 0 aromatic heterocycles. The third-order valence-electron chi connectivity index (χ3n) is 4.21. The van der Waals surface area contributed by atoms with Gasteiger partial charge < -0.3 is 24.8 Å². The van der Waals surface area contributed by atoms with Crippen LogP contribution in [0.25, 0.3) is 0 Å². The van der Waals surface area contributed by atoms with Crippen LogP contribution in [0.3, 0.4) is 0 Å². The summed E-state index contributed by atoms with van der Waals surface area (Å²) in [5.74, 6) is 0. The van der Waals surface area contributed by atoms with Gasteiger partial charge in [-0.2, -0.15) is 0 Å². The number of unbranched alkanes of at least 4 members (excludes halogenated alkanes) is 6. The zero-order chi connectivity index (χ0) is 16.9. The molecule has 1 aliphatic rings. The molecule has 0 spiro atoms. The third kappa shape index (κ3) is 8.27. The number of rotatable bonds is 13. The number of aliphatic hydroxyl groups is 3. The molecule has 136 valence electrons. The van der Waals surface area contributed by atoms with E-state index in [-0.39, 0.29) is 6.61 Å². The molecule has 0 amide bonds. The Labute approximate surface area is 140 Å². The van der Waals surface area contributed by atoms with E-state index in [9.17, 15) is 10.2 Å². The molecule has 4 atom stereocenters. The maximum absolute atomic E-state index is 9.98. The highest BCUT2D eigenvalue weighted by Crippen LogP contribution is 2.20. The fourth-order valence-corrected chi connectivity index (χ4v) is 2.74. The Balaban J connectivity index is 1.95. The first-order valence-corrected chi connectivity index (χ1v) is 9.05. The lowest BCUT2D eigenvalue weighted by Crippen LogP contribution is -2.41. The topological polar surface area (TPSA) is 79.2 Å². The van der Waals surface area contributed by atoms with E-state index in [0.717, 1.165) is 12.8 Å². The van der Waals surface area contributed by atoms with Gasteiger partial charge in [-0.25, -0.2) is 0 Å². The van der Waals surface area contributed by atoms with Crippen molar-refractivity contribution in [2.75, 3.05) is 19.8 Å². The summed E-state index contributed by atoms with van der Waals surface area (Å²) < 4.78 is 10.9. The normalized spacial score (nSPS) is 26.2. The maximum Gasteiger partial charge on any atom is 0.114 e. The van der Waals surface area contributed by atoms with Crippen molar-refractivity contribution in [2.45, 2.75) is 82.7 Å². The van der Waals surface area contributed by atoms with Gasteiger partial charge in [0.15, 0.2) is 0 Å². The van der Waals surface area contributed by atoms with Gasteiger partial charge in [-0.3, -0.25) is 0 Å². The van der Waals surface area contributed by atoms with Crippen LogP contribution in [0, 0.1) is 0 Å². The van der Waals surface area contributed by atoms with Crippen LogP contribution in [0.1, 0.15) is 58.3 Å². The summed E-state index contributed by atoms with van der Waals surface area (Å²) in [5, 5.41) is 28.4. The number of aliphatic hydroxyl groups excluding tert-OH is 3. The fraction of sp³-hybridized carbons (Fsp3) is 0.889. The highest BCUT2D eigenvalue weighted by Gasteiger charge is 2.40. The van der Waals surface area contributed by atoms with Gasteiger partial charge in [-0.15, -0.1) is 0 Å². The average molecular weight is 330 g/mol. The highest BCUT2D eigenvalue weighted by molar-refractivity contribution is 4.88. The minimum absolute atomic E-state index is 0.271. The van der Waals surface area contributed by atoms with Crippen molar-refractivity contribution < 1.29 is 24.8 Å². The van der Waals surface area contributed by atoms with Gasteiger partial charge in [0, 0.05) is 6.61 Å². The zero-order valence-electron chi connectivity index (χ0n) is 14.4. The first-order valence-electron chi connectivity index (χ1n) is 9.05. The van der Waals surface area contributed by atoms with Crippen LogP contribution in [0.4, 0.5) is 0 Å². The molecule has 1 rings (SSSR count). The summed E-state index contributed by atoms with van der Waals surface area (Å²) in [5.41, 5.74) is 0. The molecule has 0 aromatic rings. The molecule has 1 saturated heterocycles. The molecule has 5 nitrogen and oxygen atoms in total. The molecule has 0 aromatic carbocycles. The second-order valence-corrected chi connectivity index (χ2v) is 6.26. The predicted molar refractivity (Wildman–Crippen MR) is 90.3 cm³/mol. The molecule has 1 aliphatic heterocycles. The van der Waals surface area contributed by atoms with E-state index in [1.165, 1.54) is 38.5 Å². The van der Waals surface area contributed by atoms with Crippen molar-refractivity contribution in [1.82, 2.24) is 0 Å². The molecule has 0 saturated carbocycles. The van der Waals surface area contributed by atoms with E-state index < -0.39 is 31.0 Å². The first-order chi connectivity index (χ1) is 11.2. The van der Waals surface area contributed by atoms with Crippen LogP contribution in [0.5, 0.6) is 0 Å². The number of hydrogen-bond acceptors (Lipinski definition) is 5. The van der Waals surface area contributed by atoms with Crippen molar-refractivity contribution in [1.29, 1.82) is 0 Å². The Morgan fingerprint density at radius 2 is 1.83 bits per heavy atom. The molecule has 3 N–H and O–H groups in total. The second kappa shape index (κ2) is 12.9. The Hall–Kier alpha value is -0.460. The summed E-state index contributed by atoms with van der Waals surface area (Å²) in [6, 6.07) is 0. The van der Waals surface area contributed by atoms with Crippen LogP contribution in [-0.4, -0.2) is 59.6 Å². The highest BCUT2D eigenvalue weighted by atomic mass is 16.6. The van der Waals surface area contributed by atoms with Crippen molar-refractivity contribution >= 4 is 0 Å². The number of allylic oxidation sites excluding steroid dienone is 2. The molecule has 0 bridgehead atoms. The lowest BCUT2D eigenvalue weighted by atomic mass is 10.1. The van der Waals surface area contributed by atoms with Crippen molar-refractivity contribution in [3.63, 3.8) is 0 Å². The Kier molecular flexibility index (Phi) is 11.5. The average Bonchev–Trinajstić information content (AvgIpc) is 2.93. The van der Waals surface area contributed by atoms with E-state index in [2.05, 4.69) is 19.1 Å².